The summed E-state index contributed by atoms with van der Waals surface area (Å²) in [6.45, 7) is 5.26. The van der Waals surface area contributed by atoms with Crippen molar-refractivity contribution in [2.24, 2.45) is 0 Å². The first-order valence-corrected chi connectivity index (χ1v) is 12.7. The molecule has 0 bridgehead atoms. The topological polar surface area (TPSA) is 167 Å². The molecule has 0 heterocycles. The van der Waals surface area contributed by atoms with Crippen LogP contribution in [0.25, 0.3) is 0 Å². The van der Waals surface area contributed by atoms with Gasteiger partial charge in [-0.05, 0) is 56.7 Å². The Morgan fingerprint density at radius 2 is 1.54 bits per heavy atom. The molecular weight excluding hydrogens is 528 g/mol. The van der Waals surface area contributed by atoms with Gasteiger partial charge in [-0.2, -0.15) is 0 Å². The summed E-state index contributed by atoms with van der Waals surface area (Å²) >= 11 is 0. The van der Waals surface area contributed by atoms with Crippen molar-refractivity contribution >= 4 is 35.4 Å². The third kappa shape index (κ3) is 9.81. The number of carbonyl (C=O) groups excluding carboxylic acids is 3. The minimum absolute atomic E-state index is 0.0764. The van der Waals surface area contributed by atoms with Crippen LogP contribution in [-0.2, 0) is 16.1 Å². The van der Waals surface area contributed by atoms with Crippen LogP contribution in [0.5, 0.6) is 5.75 Å². The Morgan fingerprint density at radius 1 is 0.878 bits per heavy atom. The lowest BCUT2D eigenvalue weighted by atomic mass is 10.1. The van der Waals surface area contributed by atoms with Gasteiger partial charge in [0.05, 0.1) is 12.0 Å². The zero-order valence-electron chi connectivity index (χ0n) is 22.9. The molecule has 5 N–H and O–H groups in total. The van der Waals surface area contributed by atoms with Gasteiger partial charge >= 0.3 is 12.1 Å². The Morgan fingerprint density at radius 3 is 2.17 bits per heavy atom. The van der Waals surface area contributed by atoms with Gasteiger partial charge in [-0.25, -0.2) is 4.79 Å². The van der Waals surface area contributed by atoms with E-state index in [0.717, 1.165) is 5.56 Å². The molecule has 3 aromatic carbocycles. The van der Waals surface area contributed by atoms with E-state index in [1.807, 2.05) is 30.3 Å². The number of hydrogen-bond donors (Lipinski definition) is 5. The second kappa shape index (κ2) is 13.7. The van der Waals surface area contributed by atoms with E-state index in [-0.39, 0.29) is 42.3 Å². The standard InChI is InChI=1S/C30H32N4O7/c1-30(2,3)41-29(39)34-26(31)20-9-11-21(12-10-20)27(37)33-22-13-14-24(40-18-19-7-5-4-6-8-19)23(17-22)28(38)32-16-15-25(35)36/h4-14,17H,15-16,18H2,1-3H3,(H,32,38)(H,33,37)(H,35,36)(H2,31,34,39). The van der Waals surface area contributed by atoms with Crippen molar-refractivity contribution in [3.63, 3.8) is 0 Å². The molecular formula is C30H32N4O7. The van der Waals surface area contributed by atoms with Crippen molar-refractivity contribution in [3.8, 4) is 5.75 Å². The number of carboxylic acids is 1. The fourth-order valence-electron chi connectivity index (χ4n) is 3.49. The van der Waals surface area contributed by atoms with Crippen molar-refractivity contribution in [2.45, 2.75) is 39.4 Å². The number of nitrogens with one attached hydrogen (secondary N) is 4. The number of ether oxygens (including phenoxy) is 2. The zero-order valence-corrected chi connectivity index (χ0v) is 22.9. The number of aliphatic carboxylic acids is 1. The maximum atomic E-state index is 12.9. The quantitative estimate of drug-likeness (QED) is 0.179. The lowest BCUT2D eigenvalue weighted by Gasteiger charge is -2.19. The Bertz CT molecular complexity index is 1420. The molecule has 214 valence electrons. The molecule has 0 spiro atoms. The zero-order chi connectivity index (χ0) is 30.0. The number of amides is 3. The number of carbonyl (C=O) groups is 4. The molecule has 11 nitrogen and oxygen atoms in total. The predicted molar refractivity (Wildman–Crippen MR) is 152 cm³/mol. The van der Waals surface area contributed by atoms with E-state index in [0.29, 0.717) is 11.3 Å². The summed E-state index contributed by atoms with van der Waals surface area (Å²) < 4.78 is 11.0. The van der Waals surface area contributed by atoms with Gasteiger partial charge in [0.1, 0.15) is 23.8 Å². The summed E-state index contributed by atoms with van der Waals surface area (Å²) in [7, 11) is 0. The summed E-state index contributed by atoms with van der Waals surface area (Å²) in [5, 5.41) is 24.6. The van der Waals surface area contributed by atoms with Gasteiger partial charge in [0.2, 0.25) is 0 Å². The van der Waals surface area contributed by atoms with Crippen LogP contribution in [0.4, 0.5) is 10.5 Å². The van der Waals surface area contributed by atoms with Crippen LogP contribution in [0.2, 0.25) is 0 Å². The first-order valence-electron chi connectivity index (χ1n) is 12.7. The first-order chi connectivity index (χ1) is 19.4. The van der Waals surface area contributed by atoms with Crippen LogP contribution in [-0.4, -0.2) is 47.0 Å². The molecule has 0 atom stereocenters. The number of carboxylic acid groups (broad SMARTS) is 1. The maximum absolute atomic E-state index is 12.9. The van der Waals surface area contributed by atoms with Gasteiger partial charge in [0, 0.05) is 23.4 Å². The fourth-order valence-corrected chi connectivity index (χ4v) is 3.49. The Hall–Kier alpha value is -5.19. The molecule has 0 radical (unpaired) electrons. The third-order valence-corrected chi connectivity index (χ3v) is 5.41. The van der Waals surface area contributed by atoms with Crippen LogP contribution in [0.1, 0.15) is 59.0 Å². The van der Waals surface area contributed by atoms with Crippen molar-refractivity contribution in [2.75, 3.05) is 11.9 Å². The monoisotopic (exact) mass is 560 g/mol. The molecule has 0 aliphatic heterocycles. The average molecular weight is 561 g/mol. The maximum Gasteiger partial charge on any atom is 0.413 e. The van der Waals surface area contributed by atoms with Crippen molar-refractivity contribution in [1.29, 1.82) is 5.41 Å². The highest BCUT2D eigenvalue weighted by Crippen LogP contribution is 2.25. The molecule has 41 heavy (non-hydrogen) atoms. The number of alkyl carbamates (subject to hydrolysis) is 1. The SMILES string of the molecule is CC(C)(C)OC(=O)NC(=N)c1ccc(C(=O)Nc2ccc(OCc3ccccc3)c(C(=O)NCCC(=O)O)c2)cc1. The normalized spacial score (nSPS) is 10.7. The highest BCUT2D eigenvalue weighted by molar-refractivity contribution is 6.08. The Kier molecular flexibility index (Phi) is 10.2. The second-order valence-electron chi connectivity index (χ2n) is 9.92. The van der Waals surface area contributed by atoms with Gasteiger partial charge in [0.15, 0.2) is 0 Å². The summed E-state index contributed by atoms with van der Waals surface area (Å²) in [5.41, 5.74) is 1.26. The van der Waals surface area contributed by atoms with Gasteiger partial charge in [-0.1, -0.05) is 42.5 Å². The number of anilines is 1. The van der Waals surface area contributed by atoms with Crippen LogP contribution in [0, 0.1) is 5.41 Å². The highest BCUT2D eigenvalue weighted by atomic mass is 16.6. The summed E-state index contributed by atoms with van der Waals surface area (Å²) in [4.78, 5) is 48.5. The molecule has 0 saturated carbocycles. The van der Waals surface area contributed by atoms with Crippen LogP contribution in [0.3, 0.4) is 0 Å². The van der Waals surface area contributed by atoms with Crippen molar-refractivity contribution in [3.05, 3.63) is 95.1 Å². The smallest absolute Gasteiger partial charge is 0.413 e. The van der Waals surface area contributed by atoms with E-state index in [1.54, 1.807) is 32.9 Å². The van der Waals surface area contributed by atoms with E-state index in [9.17, 15) is 19.2 Å². The summed E-state index contributed by atoms with van der Waals surface area (Å²) in [5.74, 6) is -1.99. The van der Waals surface area contributed by atoms with E-state index < -0.39 is 29.5 Å². The molecule has 0 fully saturated rings. The number of rotatable bonds is 10. The van der Waals surface area contributed by atoms with E-state index >= 15 is 0 Å². The highest BCUT2D eigenvalue weighted by Gasteiger charge is 2.18. The second-order valence-corrected chi connectivity index (χ2v) is 9.92. The number of benzene rings is 3. The fraction of sp³-hybridized carbons (Fsp3) is 0.233. The lowest BCUT2D eigenvalue weighted by molar-refractivity contribution is -0.136. The minimum Gasteiger partial charge on any atom is -0.488 e. The van der Waals surface area contributed by atoms with Gasteiger partial charge in [0.25, 0.3) is 11.8 Å². The molecule has 0 aliphatic rings. The van der Waals surface area contributed by atoms with E-state index in [4.69, 9.17) is 20.0 Å². The van der Waals surface area contributed by atoms with Crippen LogP contribution >= 0.6 is 0 Å². The van der Waals surface area contributed by atoms with E-state index in [1.165, 1.54) is 30.3 Å². The number of amidine groups is 1. The molecule has 0 unspecified atom stereocenters. The summed E-state index contributed by atoms with van der Waals surface area (Å²) in [6.07, 6.45) is -1.01. The first kappa shape index (κ1) is 30.4. The van der Waals surface area contributed by atoms with Gasteiger partial charge in [-0.15, -0.1) is 0 Å². The van der Waals surface area contributed by atoms with Crippen LogP contribution < -0.4 is 20.7 Å². The van der Waals surface area contributed by atoms with Gasteiger partial charge in [-0.3, -0.25) is 25.1 Å². The Labute approximate surface area is 237 Å². The Balaban J connectivity index is 1.71. The molecule has 0 aliphatic carbocycles. The molecule has 0 aromatic heterocycles. The van der Waals surface area contributed by atoms with Crippen molar-refractivity contribution in [1.82, 2.24) is 10.6 Å². The molecule has 11 heteroatoms. The predicted octanol–water partition coefficient (Wildman–Crippen LogP) is 4.57. The lowest BCUT2D eigenvalue weighted by Crippen LogP contribution is -2.36. The molecule has 3 amide bonds. The molecule has 3 aromatic rings. The molecule has 0 saturated heterocycles. The van der Waals surface area contributed by atoms with Crippen LogP contribution in [0.15, 0.2) is 72.8 Å². The largest absolute Gasteiger partial charge is 0.488 e. The minimum atomic E-state index is -1.05. The third-order valence-electron chi connectivity index (χ3n) is 5.41. The van der Waals surface area contributed by atoms with Crippen molar-refractivity contribution < 1.29 is 33.8 Å². The van der Waals surface area contributed by atoms with E-state index in [2.05, 4.69) is 16.0 Å². The number of hydrogen-bond acceptors (Lipinski definition) is 7. The van der Waals surface area contributed by atoms with Gasteiger partial charge < -0.3 is 25.2 Å². The summed E-state index contributed by atoms with van der Waals surface area (Å²) in [6, 6.07) is 20.0. The average Bonchev–Trinajstić information content (AvgIpc) is 2.91. The molecule has 3 rings (SSSR count).